The number of non-ortho nitro benzene ring substituents is 1. The number of carbonyl (C=O) groups is 5. The van der Waals surface area contributed by atoms with E-state index in [-0.39, 0.29) is 30.6 Å². The number of carboxylic acid groups (broad SMARTS) is 1. The number of amides is 4. The second kappa shape index (κ2) is 16.2. The van der Waals surface area contributed by atoms with Crippen LogP contribution in [0.2, 0.25) is 0 Å². The monoisotopic (exact) mass is 603 g/mol. The van der Waals surface area contributed by atoms with Crippen molar-refractivity contribution in [3.8, 4) is 0 Å². The molecule has 0 aliphatic carbocycles. The number of benzene rings is 3. The third-order valence-corrected chi connectivity index (χ3v) is 6.51. The van der Waals surface area contributed by atoms with Crippen molar-refractivity contribution < 1.29 is 34.0 Å². The normalized spacial score (nSPS) is 12.6. The van der Waals surface area contributed by atoms with Crippen molar-refractivity contribution in [1.82, 2.24) is 16.0 Å². The molecule has 3 aromatic rings. The number of nitrogens with zero attached hydrogens (tertiary/aromatic N) is 1. The van der Waals surface area contributed by atoms with Crippen LogP contribution in [0.1, 0.15) is 30.9 Å². The van der Waals surface area contributed by atoms with E-state index in [0.29, 0.717) is 0 Å². The van der Waals surface area contributed by atoms with Crippen LogP contribution in [0.15, 0.2) is 84.9 Å². The molecule has 0 aromatic heterocycles. The Bertz CT molecular complexity index is 1470. The summed E-state index contributed by atoms with van der Waals surface area (Å²) in [6, 6.07) is 19.7. The van der Waals surface area contributed by atoms with Gasteiger partial charge in [-0.1, -0.05) is 60.7 Å². The van der Waals surface area contributed by atoms with Gasteiger partial charge in [0.2, 0.25) is 23.6 Å². The fourth-order valence-electron chi connectivity index (χ4n) is 4.18. The molecule has 0 saturated carbocycles. The van der Waals surface area contributed by atoms with Crippen molar-refractivity contribution >= 4 is 41.0 Å². The Kier molecular flexibility index (Phi) is 12.1. The van der Waals surface area contributed by atoms with E-state index in [1.807, 2.05) is 0 Å². The lowest BCUT2D eigenvalue weighted by Gasteiger charge is -2.24. The van der Waals surface area contributed by atoms with Gasteiger partial charge in [-0.3, -0.25) is 34.1 Å². The summed E-state index contributed by atoms with van der Waals surface area (Å²) in [5.41, 5.74) is 1.62. The minimum atomic E-state index is -1.16. The summed E-state index contributed by atoms with van der Waals surface area (Å²) in [7, 11) is 0. The average Bonchev–Trinajstić information content (AvgIpc) is 3.00. The first-order chi connectivity index (χ1) is 21.0. The molecule has 3 rings (SSSR count). The van der Waals surface area contributed by atoms with Gasteiger partial charge in [-0.15, -0.1) is 0 Å². The number of nitro groups is 1. The maximum atomic E-state index is 13.2. The summed E-state index contributed by atoms with van der Waals surface area (Å²) in [5.74, 6) is -3.71. The second-order valence-corrected chi connectivity index (χ2v) is 9.98. The molecular formula is C31H33N5O8. The van der Waals surface area contributed by atoms with E-state index in [9.17, 15) is 34.1 Å². The zero-order valence-electron chi connectivity index (χ0n) is 23.9. The minimum absolute atomic E-state index is 0.0914. The molecule has 0 aliphatic rings. The van der Waals surface area contributed by atoms with E-state index in [4.69, 9.17) is 5.11 Å². The largest absolute Gasteiger partial charge is 0.481 e. The van der Waals surface area contributed by atoms with Gasteiger partial charge in [-0.2, -0.15) is 0 Å². The molecule has 0 spiro atoms. The van der Waals surface area contributed by atoms with E-state index in [0.717, 1.165) is 11.1 Å². The lowest BCUT2D eigenvalue weighted by Crippen LogP contribution is -2.56. The van der Waals surface area contributed by atoms with Crippen LogP contribution >= 0.6 is 0 Å². The van der Waals surface area contributed by atoms with Crippen molar-refractivity contribution in [2.24, 2.45) is 0 Å². The van der Waals surface area contributed by atoms with Gasteiger partial charge in [0.1, 0.15) is 18.1 Å². The fourth-order valence-corrected chi connectivity index (χ4v) is 4.18. The average molecular weight is 604 g/mol. The quantitative estimate of drug-likeness (QED) is 0.129. The first-order valence-electron chi connectivity index (χ1n) is 13.8. The number of hydrogen-bond acceptors (Lipinski definition) is 7. The molecule has 0 saturated heterocycles. The van der Waals surface area contributed by atoms with Crippen LogP contribution in [0.3, 0.4) is 0 Å². The zero-order valence-corrected chi connectivity index (χ0v) is 23.9. The predicted molar refractivity (Wildman–Crippen MR) is 160 cm³/mol. The summed E-state index contributed by atoms with van der Waals surface area (Å²) in [6.45, 7) is 1.42. The number of hydrogen-bond donors (Lipinski definition) is 5. The molecule has 13 nitrogen and oxygen atoms in total. The van der Waals surface area contributed by atoms with Gasteiger partial charge in [0.05, 0.1) is 11.3 Å². The van der Waals surface area contributed by atoms with Crippen LogP contribution < -0.4 is 21.3 Å². The van der Waals surface area contributed by atoms with Crippen molar-refractivity contribution in [3.05, 3.63) is 106 Å². The molecular weight excluding hydrogens is 570 g/mol. The van der Waals surface area contributed by atoms with E-state index in [1.165, 1.54) is 31.2 Å². The van der Waals surface area contributed by atoms with E-state index in [2.05, 4.69) is 21.3 Å². The number of rotatable bonds is 15. The van der Waals surface area contributed by atoms with E-state index >= 15 is 0 Å². The van der Waals surface area contributed by atoms with Gasteiger partial charge < -0.3 is 26.4 Å². The number of anilines is 1. The zero-order chi connectivity index (χ0) is 32.1. The molecule has 3 aromatic carbocycles. The maximum Gasteiger partial charge on any atom is 0.303 e. The van der Waals surface area contributed by atoms with Crippen LogP contribution in [0.25, 0.3) is 0 Å². The molecule has 0 aliphatic heterocycles. The maximum absolute atomic E-state index is 13.2. The molecule has 0 radical (unpaired) electrons. The summed E-state index contributed by atoms with van der Waals surface area (Å²) >= 11 is 0. The molecule has 0 bridgehead atoms. The predicted octanol–water partition coefficient (Wildman–Crippen LogP) is 2.36. The Labute approximate surface area is 253 Å². The molecule has 3 atom stereocenters. The van der Waals surface area contributed by atoms with Crippen molar-refractivity contribution in [3.63, 3.8) is 0 Å². The number of nitrogens with one attached hydrogen (secondary N) is 4. The van der Waals surface area contributed by atoms with Crippen LogP contribution in [0.5, 0.6) is 0 Å². The fraction of sp³-hybridized carbons (Fsp3) is 0.258. The smallest absolute Gasteiger partial charge is 0.303 e. The molecule has 4 amide bonds. The first kappa shape index (κ1) is 32.9. The lowest BCUT2D eigenvalue weighted by molar-refractivity contribution is -0.384. The minimum Gasteiger partial charge on any atom is -0.481 e. The summed E-state index contributed by atoms with van der Waals surface area (Å²) < 4.78 is 0. The first-order valence-corrected chi connectivity index (χ1v) is 13.8. The van der Waals surface area contributed by atoms with Gasteiger partial charge in [0.15, 0.2) is 0 Å². The molecule has 0 unspecified atom stereocenters. The van der Waals surface area contributed by atoms with Crippen molar-refractivity contribution in [1.29, 1.82) is 0 Å². The molecule has 44 heavy (non-hydrogen) atoms. The van der Waals surface area contributed by atoms with Crippen molar-refractivity contribution in [2.45, 2.75) is 50.7 Å². The van der Waals surface area contributed by atoms with Crippen LogP contribution in [0.4, 0.5) is 11.4 Å². The number of nitro benzene ring substituents is 1. The SMILES string of the molecule is C[C@H](NC(=O)[C@H](Cc1ccccc1)NC(=O)CCC(=O)O)C(=O)N[C@@H](Cc1ccccc1)C(=O)Nc1ccc([N+](=O)[O-])cc1. The van der Waals surface area contributed by atoms with Gasteiger partial charge in [0.25, 0.3) is 5.69 Å². The highest BCUT2D eigenvalue weighted by molar-refractivity contribution is 5.99. The van der Waals surface area contributed by atoms with Crippen LogP contribution in [-0.4, -0.2) is 57.8 Å². The third kappa shape index (κ3) is 10.7. The highest BCUT2D eigenvalue weighted by atomic mass is 16.6. The Morgan fingerprint density at radius 2 is 1.23 bits per heavy atom. The summed E-state index contributed by atoms with van der Waals surface area (Å²) in [5, 5.41) is 30.2. The number of carbonyl (C=O) groups excluding carboxylic acids is 4. The van der Waals surface area contributed by atoms with Crippen molar-refractivity contribution in [2.75, 3.05) is 5.32 Å². The van der Waals surface area contributed by atoms with Crippen LogP contribution in [0, 0.1) is 10.1 Å². The molecule has 13 heteroatoms. The topological polar surface area (TPSA) is 197 Å². The third-order valence-electron chi connectivity index (χ3n) is 6.51. The van der Waals surface area contributed by atoms with E-state index in [1.54, 1.807) is 60.7 Å². The standard InChI is InChI=1S/C31H33N5O8/c1-20(32-30(41)25(18-21-8-4-2-5-9-21)34-27(37)16-17-28(38)39)29(40)35-26(19-22-10-6-3-7-11-22)31(42)33-23-12-14-24(15-13-23)36(43)44/h2-15,20,25-26H,16-19H2,1H3,(H,32,41)(H,33,42)(H,34,37)(H,35,40)(H,38,39)/t20-,25-,26-/m0/s1. The molecule has 0 fully saturated rings. The van der Waals surface area contributed by atoms with Gasteiger partial charge in [-0.25, -0.2) is 0 Å². The summed E-state index contributed by atoms with van der Waals surface area (Å²) in [4.78, 5) is 73.2. The van der Waals surface area contributed by atoms with E-state index < -0.39 is 59.1 Å². The number of carboxylic acids is 1. The highest BCUT2D eigenvalue weighted by Crippen LogP contribution is 2.16. The molecule has 5 N–H and O–H groups in total. The Morgan fingerprint density at radius 3 is 1.73 bits per heavy atom. The molecule has 0 heterocycles. The summed E-state index contributed by atoms with van der Waals surface area (Å²) in [6.07, 6.45) is -0.527. The van der Waals surface area contributed by atoms with Gasteiger partial charge >= 0.3 is 5.97 Å². The van der Waals surface area contributed by atoms with Gasteiger partial charge in [0, 0.05) is 37.1 Å². The van der Waals surface area contributed by atoms with Crippen LogP contribution in [-0.2, 0) is 36.8 Å². The Hall–Kier alpha value is -5.59. The second-order valence-electron chi connectivity index (χ2n) is 9.98. The number of aliphatic carboxylic acids is 1. The van der Waals surface area contributed by atoms with Gasteiger partial charge in [-0.05, 0) is 30.2 Å². The lowest BCUT2D eigenvalue weighted by atomic mass is 10.0. The Balaban J connectivity index is 1.71. The molecule has 230 valence electrons. The highest BCUT2D eigenvalue weighted by Gasteiger charge is 2.28. The Morgan fingerprint density at radius 1 is 0.705 bits per heavy atom.